The van der Waals surface area contributed by atoms with Crippen LogP contribution in [0, 0.1) is 6.92 Å². The van der Waals surface area contributed by atoms with Gasteiger partial charge in [-0.25, -0.2) is 8.91 Å². The summed E-state index contributed by atoms with van der Waals surface area (Å²) in [5.41, 5.74) is 3.62. The Labute approximate surface area is 160 Å². The highest BCUT2D eigenvalue weighted by atomic mass is 19.1. The van der Waals surface area contributed by atoms with Gasteiger partial charge < -0.3 is 9.84 Å². The van der Waals surface area contributed by atoms with E-state index in [1.807, 2.05) is 43.5 Å². The predicted molar refractivity (Wildman–Crippen MR) is 102 cm³/mol. The quantitative estimate of drug-likeness (QED) is 0.580. The lowest BCUT2D eigenvalue weighted by atomic mass is 10.0. The highest BCUT2D eigenvalue weighted by Crippen LogP contribution is 2.23. The monoisotopic (exact) mass is 379 g/mol. The average molecular weight is 379 g/mol. The molecule has 1 aliphatic rings. The summed E-state index contributed by atoms with van der Waals surface area (Å²) < 4.78 is 17.6. The second-order valence-corrected chi connectivity index (χ2v) is 6.50. The third kappa shape index (κ3) is 3.90. The zero-order valence-electron chi connectivity index (χ0n) is 15.2. The molecule has 8 heteroatoms. The number of carbonyl (C=O) groups excluding carboxylic acids is 1. The molecule has 1 amide bonds. The lowest BCUT2D eigenvalue weighted by molar-refractivity contribution is 0.102. The molecular formula is C20H18FN5O2. The van der Waals surface area contributed by atoms with E-state index in [1.165, 1.54) is 6.39 Å². The summed E-state index contributed by atoms with van der Waals surface area (Å²) >= 11 is 0. The van der Waals surface area contributed by atoms with Crippen LogP contribution in [0.15, 0.2) is 59.7 Å². The normalized spacial score (nSPS) is 13.1. The van der Waals surface area contributed by atoms with Crippen molar-refractivity contribution < 1.29 is 13.7 Å². The van der Waals surface area contributed by atoms with Crippen molar-refractivity contribution >= 4 is 17.1 Å². The number of alkyl halides is 1. The number of nitrogens with one attached hydrogen (secondary N) is 1. The first kappa shape index (κ1) is 17.8. The molecule has 1 saturated carbocycles. The van der Waals surface area contributed by atoms with Crippen LogP contribution in [0.4, 0.5) is 10.1 Å². The molecule has 1 aliphatic carbocycles. The Balaban J connectivity index is 0.000000429. The van der Waals surface area contributed by atoms with Crippen LogP contribution >= 0.6 is 0 Å². The van der Waals surface area contributed by atoms with Crippen LogP contribution in [0.2, 0.25) is 0 Å². The molecule has 0 unspecified atom stereocenters. The predicted octanol–water partition coefficient (Wildman–Crippen LogP) is 4.06. The molecule has 4 aromatic rings. The van der Waals surface area contributed by atoms with E-state index >= 15 is 0 Å². The fourth-order valence-corrected chi connectivity index (χ4v) is 2.59. The smallest absolute Gasteiger partial charge is 0.256 e. The maximum absolute atomic E-state index is 12.7. The van der Waals surface area contributed by atoms with E-state index in [0.717, 1.165) is 29.5 Å². The van der Waals surface area contributed by atoms with Crippen molar-refractivity contribution in [3.63, 3.8) is 0 Å². The summed E-state index contributed by atoms with van der Waals surface area (Å²) in [7, 11) is 0. The molecule has 1 aromatic carbocycles. The summed E-state index contributed by atoms with van der Waals surface area (Å²) in [6.07, 6.45) is 5.94. The zero-order valence-corrected chi connectivity index (χ0v) is 15.2. The minimum absolute atomic E-state index is 0.211. The van der Waals surface area contributed by atoms with Crippen molar-refractivity contribution in [2.24, 2.45) is 0 Å². The number of amides is 1. The first-order valence-electron chi connectivity index (χ1n) is 8.87. The van der Waals surface area contributed by atoms with Gasteiger partial charge in [-0.15, -0.1) is 0 Å². The average Bonchev–Trinajstić information content (AvgIpc) is 3.17. The van der Waals surface area contributed by atoms with Gasteiger partial charge in [0, 0.05) is 17.3 Å². The number of pyridine rings is 1. The van der Waals surface area contributed by atoms with E-state index in [9.17, 15) is 9.18 Å². The van der Waals surface area contributed by atoms with E-state index in [0.29, 0.717) is 17.1 Å². The fraction of sp³-hybridized carbons (Fsp3) is 0.200. The molecule has 5 rings (SSSR count). The highest BCUT2D eigenvalue weighted by molar-refractivity contribution is 6.07. The van der Waals surface area contributed by atoms with Gasteiger partial charge in [0.1, 0.15) is 6.17 Å². The maximum Gasteiger partial charge on any atom is 0.256 e. The molecule has 1 N–H and O–H groups in total. The summed E-state index contributed by atoms with van der Waals surface area (Å²) in [4.78, 5) is 16.7. The second kappa shape index (κ2) is 7.59. The van der Waals surface area contributed by atoms with Crippen LogP contribution in [-0.4, -0.2) is 31.8 Å². The number of aromatic nitrogens is 4. The molecular weight excluding hydrogens is 361 g/mol. The molecule has 7 nitrogen and oxygen atoms in total. The highest BCUT2D eigenvalue weighted by Gasteiger charge is 2.18. The van der Waals surface area contributed by atoms with Gasteiger partial charge in [0.2, 0.25) is 12.2 Å². The van der Waals surface area contributed by atoms with Crippen molar-refractivity contribution in [1.82, 2.24) is 19.8 Å². The molecule has 0 bridgehead atoms. The van der Waals surface area contributed by atoms with Crippen molar-refractivity contribution in [2.45, 2.75) is 25.9 Å². The lowest BCUT2D eigenvalue weighted by Crippen LogP contribution is -2.13. The number of halogens is 1. The first-order valence-corrected chi connectivity index (χ1v) is 8.87. The fourth-order valence-electron chi connectivity index (χ4n) is 2.59. The molecule has 0 radical (unpaired) electrons. The summed E-state index contributed by atoms with van der Waals surface area (Å²) in [6.45, 7) is 1.88. The molecule has 0 spiro atoms. The second-order valence-electron chi connectivity index (χ2n) is 6.50. The SMILES string of the molecule is Cc1ccc(-c2ncon2)cc1C(=O)Nc1cnn2ccccc12.FC1CC1. The maximum atomic E-state index is 12.7. The Kier molecular flexibility index (Phi) is 4.84. The van der Waals surface area contributed by atoms with Gasteiger partial charge in [0.25, 0.3) is 5.91 Å². The van der Waals surface area contributed by atoms with Crippen LogP contribution in [0.3, 0.4) is 0 Å². The van der Waals surface area contributed by atoms with Crippen molar-refractivity contribution in [2.75, 3.05) is 5.32 Å². The standard InChI is InChI=1S/C17H13N5O2.C3H5F/c1-11-5-6-12(16-18-10-24-21-16)8-13(11)17(23)20-14-9-19-22-7-3-2-4-15(14)22;4-3-1-2-3/h2-10H,1H3,(H,20,23);3H,1-2H2. The molecule has 142 valence electrons. The van der Waals surface area contributed by atoms with Crippen LogP contribution in [0.25, 0.3) is 16.9 Å². The third-order valence-corrected chi connectivity index (χ3v) is 4.28. The van der Waals surface area contributed by atoms with E-state index in [-0.39, 0.29) is 5.91 Å². The van der Waals surface area contributed by atoms with Crippen LogP contribution in [0.5, 0.6) is 0 Å². The zero-order chi connectivity index (χ0) is 19.5. The molecule has 28 heavy (non-hydrogen) atoms. The summed E-state index contributed by atoms with van der Waals surface area (Å²) in [5, 5.41) is 10.9. The van der Waals surface area contributed by atoms with Crippen molar-refractivity contribution in [3.05, 3.63) is 66.3 Å². The van der Waals surface area contributed by atoms with Crippen molar-refractivity contribution in [1.29, 1.82) is 0 Å². The van der Waals surface area contributed by atoms with Crippen molar-refractivity contribution in [3.8, 4) is 11.4 Å². The number of aryl methyl sites for hydroxylation is 1. The number of rotatable bonds is 3. The number of hydrogen-bond donors (Lipinski definition) is 1. The van der Waals surface area contributed by atoms with Crippen LogP contribution in [-0.2, 0) is 0 Å². The van der Waals surface area contributed by atoms with E-state index in [2.05, 4.69) is 20.6 Å². The third-order valence-electron chi connectivity index (χ3n) is 4.28. The van der Waals surface area contributed by atoms with Gasteiger partial charge >= 0.3 is 0 Å². The van der Waals surface area contributed by atoms with Gasteiger partial charge in [-0.2, -0.15) is 10.1 Å². The van der Waals surface area contributed by atoms with Gasteiger partial charge in [0.15, 0.2) is 0 Å². The minimum atomic E-state index is -0.417. The number of anilines is 1. The molecule has 1 fully saturated rings. The van der Waals surface area contributed by atoms with Crippen LogP contribution < -0.4 is 5.32 Å². The molecule has 0 atom stereocenters. The van der Waals surface area contributed by atoms with Gasteiger partial charge in [-0.1, -0.05) is 23.4 Å². The molecule has 0 aliphatic heterocycles. The summed E-state index contributed by atoms with van der Waals surface area (Å²) in [6, 6.07) is 11.1. The molecule has 0 saturated heterocycles. The first-order chi connectivity index (χ1) is 13.6. The number of hydrogen-bond acceptors (Lipinski definition) is 5. The number of fused-ring (bicyclic) bond motifs is 1. The molecule has 3 aromatic heterocycles. The summed E-state index contributed by atoms with van der Waals surface area (Å²) in [5.74, 6) is 0.233. The van der Waals surface area contributed by atoms with Gasteiger partial charge in [0.05, 0.1) is 17.4 Å². The Hall–Kier alpha value is -3.55. The lowest BCUT2D eigenvalue weighted by Gasteiger charge is -2.08. The van der Waals surface area contributed by atoms with Gasteiger partial charge in [-0.05, 0) is 43.5 Å². The van der Waals surface area contributed by atoms with Crippen LogP contribution in [0.1, 0.15) is 28.8 Å². The van der Waals surface area contributed by atoms with E-state index in [1.54, 1.807) is 16.8 Å². The van der Waals surface area contributed by atoms with Gasteiger partial charge in [-0.3, -0.25) is 4.79 Å². The number of benzene rings is 1. The Bertz CT molecular complexity index is 1100. The Morgan fingerprint density at radius 3 is 2.82 bits per heavy atom. The largest absolute Gasteiger partial charge is 0.342 e. The topological polar surface area (TPSA) is 85.3 Å². The van der Waals surface area contributed by atoms with E-state index < -0.39 is 6.17 Å². The Morgan fingerprint density at radius 2 is 2.11 bits per heavy atom. The number of nitrogens with zero attached hydrogens (tertiary/aromatic N) is 4. The number of carbonyl (C=O) groups is 1. The van der Waals surface area contributed by atoms with E-state index in [4.69, 9.17) is 4.52 Å². The Morgan fingerprint density at radius 1 is 1.29 bits per heavy atom. The minimum Gasteiger partial charge on any atom is -0.342 e. The molecule has 3 heterocycles.